The SMILES string of the molecule is COC1(OC)CN=C(NC#N)N(Cc2ccc(Cl)nc2)C1. The van der Waals surface area contributed by atoms with Crippen molar-refractivity contribution in [2.75, 3.05) is 27.3 Å². The van der Waals surface area contributed by atoms with Gasteiger partial charge < -0.3 is 14.4 Å². The zero-order chi connectivity index (χ0) is 15.3. The first kappa shape index (κ1) is 15.5. The normalized spacial score (nSPS) is 17.0. The Morgan fingerprint density at radius 1 is 1.48 bits per heavy atom. The molecule has 0 saturated carbocycles. The van der Waals surface area contributed by atoms with Crippen LogP contribution in [-0.4, -0.2) is 48.9 Å². The van der Waals surface area contributed by atoms with Crippen molar-refractivity contribution in [2.24, 2.45) is 4.99 Å². The predicted molar refractivity (Wildman–Crippen MR) is 77.5 cm³/mol. The van der Waals surface area contributed by atoms with Crippen LogP contribution in [0, 0.1) is 11.5 Å². The van der Waals surface area contributed by atoms with Gasteiger partial charge in [-0.05, 0) is 11.6 Å². The molecule has 0 atom stereocenters. The van der Waals surface area contributed by atoms with Crippen molar-refractivity contribution < 1.29 is 9.47 Å². The molecule has 0 aromatic carbocycles. The third kappa shape index (κ3) is 3.61. The number of hydrogen-bond acceptors (Lipinski definition) is 7. The first-order valence-electron chi connectivity index (χ1n) is 6.28. The quantitative estimate of drug-likeness (QED) is 0.386. The van der Waals surface area contributed by atoms with E-state index < -0.39 is 5.79 Å². The molecule has 1 aliphatic rings. The molecule has 0 saturated heterocycles. The van der Waals surface area contributed by atoms with Gasteiger partial charge in [0, 0.05) is 27.0 Å². The van der Waals surface area contributed by atoms with Crippen LogP contribution in [0.4, 0.5) is 0 Å². The minimum Gasteiger partial charge on any atom is -0.350 e. The molecule has 0 fully saturated rings. The van der Waals surface area contributed by atoms with Gasteiger partial charge in [-0.25, -0.2) is 9.98 Å². The Balaban J connectivity index is 2.20. The molecule has 2 heterocycles. The number of methoxy groups -OCH3 is 2. The number of aromatic nitrogens is 1. The van der Waals surface area contributed by atoms with Gasteiger partial charge in [-0.3, -0.25) is 5.32 Å². The summed E-state index contributed by atoms with van der Waals surface area (Å²) in [6, 6.07) is 3.59. The summed E-state index contributed by atoms with van der Waals surface area (Å²) >= 11 is 5.78. The lowest BCUT2D eigenvalue weighted by Crippen LogP contribution is -2.56. The topological polar surface area (TPSA) is 82.8 Å². The van der Waals surface area contributed by atoms with Gasteiger partial charge in [-0.15, -0.1) is 0 Å². The second kappa shape index (κ2) is 6.72. The van der Waals surface area contributed by atoms with E-state index in [4.69, 9.17) is 26.3 Å². The summed E-state index contributed by atoms with van der Waals surface area (Å²) in [4.78, 5) is 10.2. The van der Waals surface area contributed by atoms with E-state index in [2.05, 4.69) is 15.3 Å². The third-order valence-corrected chi connectivity index (χ3v) is 3.50. The molecule has 1 aliphatic heterocycles. The smallest absolute Gasteiger partial charge is 0.208 e. The van der Waals surface area contributed by atoms with E-state index in [9.17, 15) is 0 Å². The Morgan fingerprint density at radius 2 is 2.24 bits per heavy atom. The van der Waals surface area contributed by atoms with Crippen LogP contribution >= 0.6 is 11.6 Å². The molecule has 1 aromatic rings. The molecular formula is C13H16ClN5O2. The highest BCUT2D eigenvalue weighted by molar-refractivity contribution is 6.29. The predicted octanol–water partition coefficient (Wildman–Crippen LogP) is 0.966. The highest BCUT2D eigenvalue weighted by atomic mass is 35.5. The van der Waals surface area contributed by atoms with Crippen LogP contribution in [0.5, 0.6) is 0 Å². The van der Waals surface area contributed by atoms with Gasteiger partial charge in [0.1, 0.15) is 5.15 Å². The molecule has 0 radical (unpaired) electrons. The maximum Gasteiger partial charge on any atom is 0.208 e. The number of ether oxygens (including phenoxy) is 2. The van der Waals surface area contributed by atoms with E-state index in [0.29, 0.717) is 30.7 Å². The van der Waals surface area contributed by atoms with E-state index in [1.54, 1.807) is 26.5 Å². The number of halogens is 1. The summed E-state index contributed by atoms with van der Waals surface area (Å²) in [5.74, 6) is -0.335. The van der Waals surface area contributed by atoms with Crippen molar-refractivity contribution in [2.45, 2.75) is 12.3 Å². The maximum atomic E-state index is 8.82. The summed E-state index contributed by atoms with van der Waals surface area (Å²) in [5, 5.41) is 11.8. The lowest BCUT2D eigenvalue weighted by Gasteiger charge is -2.39. The van der Waals surface area contributed by atoms with Crippen molar-refractivity contribution in [3.05, 3.63) is 29.0 Å². The summed E-state index contributed by atoms with van der Waals surface area (Å²) in [7, 11) is 3.15. The van der Waals surface area contributed by atoms with E-state index in [1.807, 2.05) is 17.2 Å². The molecule has 0 unspecified atom stereocenters. The van der Waals surface area contributed by atoms with Crippen molar-refractivity contribution in [1.82, 2.24) is 15.2 Å². The standard InChI is InChI=1S/C13H16ClN5O2/c1-20-13(21-2)7-17-12(18-9-15)19(8-13)6-10-3-4-11(14)16-5-10/h3-5H,6-8H2,1-2H3,(H,17,18). The van der Waals surface area contributed by atoms with Crippen molar-refractivity contribution in [1.29, 1.82) is 5.26 Å². The number of hydrogen-bond donors (Lipinski definition) is 1. The Morgan fingerprint density at radius 3 is 2.81 bits per heavy atom. The number of rotatable bonds is 4. The molecular weight excluding hydrogens is 294 g/mol. The molecule has 7 nitrogen and oxygen atoms in total. The van der Waals surface area contributed by atoms with Crippen molar-refractivity contribution in [3.63, 3.8) is 0 Å². The summed E-state index contributed by atoms with van der Waals surface area (Å²) in [6.07, 6.45) is 3.57. The maximum absolute atomic E-state index is 8.82. The minimum absolute atomic E-state index is 0.319. The second-order valence-corrected chi connectivity index (χ2v) is 4.93. The van der Waals surface area contributed by atoms with Gasteiger partial charge in [0.2, 0.25) is 11.7 Å². The molecule has 21 heavy (non-hydrogen) atoms. The van der Waals surface area contributed by atoms with Gasteiger partial charge in [0.25, 0.3) is 0 Å². The average molecular weight is 310 g/mol. The highest BCUT2D eigenvalue weighted by Gasteiger charge is 2.37. The number of nitrogens with zero attached hydrogens (tertiary/aromatic N) is 4. The van der Waals surface area contributed by atoms with Crippen LogP contribution in [0.1, 0.15) is 5.56 Å². The molecule has 0 spiro atoms. The molecule has 112 valence electrons. The van der Waals surface area contributed by atoms with E-state index in [1.165, 1.54) is 0 Å². The minimum atomic E-state index is -0.819. The first-order chi connectivity index (χ1) is 10.1. The largest absolute Gasteiger partial charge is 0.350 e. The fourth-order valence-electron chi connectivity index (χ4n) is 2.07. The van der Waals surface area contributed by atoms with Crippen LogP contribution in [0.25, 0.3) is 0 Å². The Hall–Kier alpha value is -1.88. The van der Waals surface area contributed by atoms with Crippen LogP contribution < -0.4 is 5.32 Å². The number of nitrogens with one attached hydrogen (secondary N) is 1. The fraction of sp³-hybridized carbons (Fsp3) is 0.462. The lowest BCUT2D eigenvalue weighted by atomic mass is 10.2. The second-order valence-electron chi connectivity index (χ2n) is 4.54. The monoisotopic (exact) mass is 309 g/mol. The van der Waals surface area contributed by atoms with Gasteiger partial charge >= 0.3 is 0 Å². The van der Waals surface area contributed by atoms with Crippen LogP contribution in [0.15, 0.2) is 23.3 Å². The van der Waals surface area contributed by atoms with Crippen molar-refractivity contribution in [3.8, 4) is 6.19 Å². The molecule has 0 amide bonds. The average Bonchev–Trinajstić information content (AvgIpc) is 2.51. The van der Waals surface area contributed by atoms with Crippen LogP contribution in [0.3, 0.4) is 0 Å². The van der Waals surface area contributed by atoms with E-state index >= 15 is 0 Å². The number of pyridine rings is 1. The lowest BCUT2D eigenvalue weighted by molar-refractivity contribution is -0.208. The molecule has 2 rings (SSSR count). The molecule has 8 heteroatoms. The van der Waals surface area contributed by atoms with Gasteiger partial charge in [-0.1, -0.05) is 17.7 Å². The molecule has 1 N–H and O–H groups in total. The van der Waals surface area contributed by atoms with Crippen LogP contribution in [-0.2, 0) is 16.0 Å². The number of aliphatic imine (C=N–C) groups is 1. The van der Waals surface area contributed by atoms with E-state index in [0.717, 1.165) is 5.56 Å². The first-order valence-corrected chi connectivity index (χ1v) is 6.65. The Labute approximate surface area is 128 Å². The number of nitriles is 1. The fourth-order valence-corrected chi connectivity index (χ4v) is 2.18. The van der Waals surface area contributed by atoms with Gasteiger partial charge in [0.15, 0.2) is 6.19 Å². The summed E-state index contributed by atoms with van der Waals surface area (Å²) in [5.41, 5.74) is 0.940. The van der Waals surface area contributed by atoms with Crippen LogP contribution in [0.2, 0.25) is 5.15 Å². The van der Waals surface area contributed by atoms with Gasteiger partial charge in [0.05, 0.1) is 13.1 Å². The zero-order valence-electron chi connectivity index (χ0n) is 11.8. The van der Waals surface area contributed by atoms with Gasteiger partial charge in [-0.2, -0.15) is 5.26 Å². The summed E-state index contributed by atoms with van der Waals surface area (Å²) < 4.78 is 10.8. The Kier molecular flexibility index (Phi) is 4.96. The molecule has 0 aliphatic carbocycles. The Bertz CT molecular complexity index is 551. The van der Waals surface area contributed by atoms with Crippen molar-refractivity contribution >= 4 is 17.6 Å². The zero-order valence-corrected chi connectivity index (χ0v) is 12.6. The summed E-state index contributed by atoms with van der Waals surface area (Å²) in [6.45, 7) is 1.27. The molecule has 1 aromatic heterocycles. The van der Waals surface area contributed by atoms with E-state index in [-0.39, 0.29) is 0 Å². The number of guanidine groups is 1. The third-order valence-electron chi connectivity index (χ3n) is 3.27. The highest BCUT2D eigenvalue weighted by Crippen LogP contribution is 2.20. The molecule has 0 bridgehead atoms.